The van der Waals surface area contributed by atoms with Crippen molar-refractivity contribution >= 4 is 33.6 Å². The highest BCUT2D eigenvalue weighted by Crippen LogP contribution is 2.34. The van der Waals surface area contributed by atoms with Crippen molar-refractivity contribution in [2.75, 3.05) is 39.1 Å². The minimum Gasteiger partial charge on any atom is -0.490 e. The van der Waals surface area contributed by atoms with E-state index in [4.69, 9.17) is 9.47 Å². The van der Waals surface area contributed by atoms with Gasteiger partial charge >= 0.3 is 6.09 Å². The fourth-order valence-corrected chi connectivity index (χ4v) is 3.96. The molecule has 0 saturated carbocycles. The fraction of sp³-hybridized carbons (Fsp3) is 0.440. The van der Waals surface area contributed by atoms with Gasteiger partial charge in [-0.1, -0.05) is 40.2 Å². The van der Waals surface area contributed by atoms with Crippen LogP contribution < -0.4 is 10.1 Å². The van der Waals surface area contributed by atoms with E-state index in [2.05, 4.69) is 21.2 Å². The largest absolute Gasteiger partial charge is 0.490 e. The second-order valence-electron chi connectivity index (χ2n) is 9.31. The Morgan fingerprint density at radius 1 is 1.18 bits per heavy atom. The number of rotatable bonds is 6. The Hall–Kier alpha value is -2.58. The molecule has 178 valence electrons. The van der Waals surface area contributed by atoms with Crippen molar-refractivity contribution in [3.8, 4) is 5.75 Å². The van der Waals surface area contributed by atoms with Crippen LogP contribution in [0.4, 0.5) is 10.5 Å². The van der Waals surface area contributed by atoms with Gasteiger partial charge in [-0.3, -0.25) is 9.69 Å². The molecule has 1 N–H and O–H groups in total. The maximum Gasteiger partial charge on any atom is 0.411 e. The van der Waals surface area contributed by atoms with E-state index >= 15 is 0 Å². The van der Waals surface area contributed by atoms with E-state index in [-0.39, 0.29) is 5.91 Å². The number of ether oxygens (including phenoxy) is 2. The normalized spacial score (nSPS) is 15.7. The second kappa shape index (κ2) is 10.6. The van der Waals surface area contributed by atoms with E-state index in [0.29, 0.717) is 31.0 Å². The highest BCUT2D eigenvalue weighted by atomic mass is 79.9. The van der Waals surface area contributed by atoms with E-state index < -0.39 is 17.7 Å². The summed E-state index contributed by atoms with van der Waals surface area (Å²) in [6.07, 6.45) is 0.159. The molecule has 0 bridgehead atoms. The van der Waals surface area contributed by atoms with Crippen molar-refractivity contribution in [1.82, 2.24) is 9.80 Å². The lowest BCUT2D eigenvalue weighted by Gasteiger charge is -2.37. The molecule has 8 heteroatoms. The van der Waals surface area contributed by atoms with Gasteiger partial charge in [0.25, 0.3) is 5.91 Å². The Bertz CT molecular complexity index is 1000. The average molecular weight is 518 g/mol. The Morgan fingerprint density at radius 2 is 1.91 bits per heavy atom. The smallest absolute Gasteiger partial charge is 0.411 e. The van der Waals surface area contributed by atoms with Crippen LogP contribution in [0.2, 0.25) is 0 Å². The van der Waals surface area contributed by atoms with Crippen molar-refractivity contribution in [1.29, 1.82) is 0 Å². The standard InChI is InChI=1S/C25H32BrN3O4/c1-25(2,3)33-24(31)29-13-12-17-8-6-7-9-19(17)22(29)23(30)27-20-11-10-18(26)16-21(20)32-15-14-28(4)5/h6-11,16,22H,12-15H2,1-5H3,(H,27,30). The summed E-state index contributed by atoms with van der Waals surface area (Å²) in [6.45, 7) is 7.06. The van der Waals surface area contributed by atoms with Crippen molar-refractivity contribution < 1.29 is 19.1 Å². The predicted molar refractivity (Wildman–Crippen MR) is 133 cm³/mol. The second-order valence-corrected chi connectivity index (χ2v) is 10.2. The summed E-state index contributed by atoms with van der Waals surface area (Å²) in [7, 11) is 3.94. The number of hydrogen-bond donors (Lipinski definition) is 1. The van der Waals surface area contributed by atoms with E-state index in [1.165, 1.54) is 4.90 Å². The summed E-state index contributed by atoms with van der Waals surface area (Å²) in [5.74, 6) is 0.250. The highest BCUT2D eigenvalue weighted by molar-refractivity contribution is 9.10. The summed E-state index contributed by atoms with van der Waals surface area (Å²) in [4.78, 5) is 30.1. The highest BCUT2D eigenvalue weighted by Gasteiger charge is 2.38. The van der Waals surface area contributed by atoms with Crippen LogP contribution in [0.5, 0.6) is 5.75 Å². The van der Waals surface area contributed by atoms with Gasteiger partial charge in [0.1, 0.15) is 24.0 Å². The summed E-state index contributed by atoms with van der Waals surface area (Å²) in [6, 6.07) is 12.4. The Labute approximate surface area is 204 Å². The molecular weight excluding hydrogens is 486 g/mol. The van der Waals surface area contributed by atoms with Gasteiger partial charge in [-0.2, -0.15) is 0 Å². The molecule has 2 amide bonds. The lowest BCUT2D eigenvalue weighted by Crippen LogP contribution is -2.47. The third-order valence-corrected chi connectivity index (χ3v) is 5.65. The molecular formula is C25H32BrN3O4. The van der Waals surface area contributed by atoms with E-state index in [1.54, 1.807) is 6.07 Å². The number of halogens is 1. The summed E-state index contributed by atoms with van der Waals surface area (Å²) in [5.41, 5.74) is 1.75. The van der Waals surface area contributed by atoms with Gasteiger partial charge in [-0.05, 0) is 70.6 Å². The molecule has 0 radical (unpaired) electrons. The fourth-order valence-electron chi connectivity index (χ4n) is 3.62. The molecule has 1 aliphatic rings. The molecule has 0 saturated heterocycles. The van der Waals surface area contributed by atoms with Crippen LogP contribution in [0.3, 0.4) is 0 Å². The van der Waals surface area contributed by atoms with Gasteiger partial charge in [-0.25, -0.2) is 4.79 Å². The first kappa shape index (κ1) is 25.1. The summed E-state index contributed by atoms with van der Waals surface area (Å²) in [5, 5.41) is 2.99. The van der Waals surface area contributed by atoms with Crippen molar-refractivity contribution in [3.05, 3.63) is 58.1 Å². The average Bonchev–Trinajstić information content (AvgIpc) is 2.73. The molecule has 7 nitrogen and oxygen atoms in total. The number of amides is 2. The van der Waals surface area contributed by atoms with E-state index in [1.807, 2.05) is 76.2 Å². The Balaban J connectivity index is 1.89. The number of nitrogens with zero attached hydrogens (tertiary/aromatic N) is 2. The van der Waals surface area contributed by atoms with Crippen molar-refractivity contribution in [3.63, 3.8) is 0 Å². The first-order valence-corrected chi connectivity index (χ1v) is 11.8. The third-order valence-electron chi connectivity index (χ3n) is 5.16. The minimum atomic E-state index is -0.803. The van der Waals surface area contributed by atoms with E-state index in [9.17, 15) is 9.59 Å². The SMILES string of the molecule is CN(C)CCOc1cc(Br)ccc1NC(=O)C1c2ccccc2CCN1C(=O)OC(C)(C)C. The quantitative estimate of drug-likeness (QED) is 0.592. The molecule has 2 aromatic carbocycles. The molecule has 33 heavy (non-hydrogen) atoms. The molecule has 2 aromatic rings. The Kier molecular flexibility index (Phi) is 8.02. The van der Waals surface area contributed by atoms with Gasteiger partial charge in [0.2, 0.25) is 0 Å². The van der Waals surface area contributed by atoms with Gasteiger partial charge in [0.05, 0.1) is 5.69 Å². The lowest BCUT2D eigenvalue weighted by molar-refractivity contribution is -0.122. The molecule has 0 spiro atoms. The maximum atomic E-state index is 13.6. The van der Waals surface area contributed by atoms with E-state index in [0.717, 1.165) is 22.1 Å². The number of fused-ring (bicyclic) bond motifs is 1. The van der Waals surface area contributed by atoms with Gasteiger partial charge < -0.3 is 19.7 Å². The first-order valence-electron chi connectivity index (χ1n) is 11.0. The number of carbonyl (C=O) groups excluding carboxylic acids is 2. The molecule has 0 aliphatic carbocycles. The summed E-state index contributed by atoms with van der Waals surface area (Å²) >= 11 is 3.47. The van der Waals surface area contributed by atoms with Crippen LogP contribution in [0.15, 0.2) is 46.9 Å². The Morgan fingerprint density at radius 3 is 2.61 bits per heavy atom. The molecule has 0 aromatic heterocycles. The zero-order valence-electron chi connectivity index (χ0n) is 19.9. The third kappa shape index (κ3) is 6.71. The van der Waals surface area contributed by atoms with Crippen LogP contribution in [-0.2, 0) is 16.0 Å². The summed E-state index contributed by atoms with van der Waals surface area (Å²) < 4.78 is 12.4. The molecule has 1 atom stereocenters. The number of carbonyl (C=O) groups is 2. The van der Waals surface area contributed by atoms with Crippen LogP contribution in [0, 0.1) is 0 Å². The number of anilines is 1. The van der Waals surface area contributed by atoms with Crippen LogP contribution in [0.25, 0.3) is 0 Å². The van der Waals surface area contributed by atoms with Crippen LogP contribution in [0.1, 0.15) is 37.9 Å². The van der Waals surface area contributed by atoms with Crippen molar-refractivity contribution in [2.24, 2.45) is 0 Å². The maximum absolute atomic E-state index is 13.6. The molecule has 3 rings (SSSR count). The van der Waals surface area contributed by atoms with Crippen LogP contribution in [-0.4, -0.2) is 61.2 Å². The monoisotopic (exact) mass is 517 g/mol. The lowest BCUT2D eigenvalue weighted by atomic mass is 9.92. The van der Waals surface area contributed by atoms with Gasteiger partial charge in [0, 0.05) is 17.6 Å². The zero-order valence-corrected chi connectivity index (χ0v) is 21.4. The molecule has 1 heterocycles. The van der Waals surface area contributed by atoms with Crippen LogP contribution >= 0.6 is 15.9 Å². The molecule has 1 aliphatic heterocycles. The van der Waals surface area contributed by atoms with Gasteiger partial charge in [-0.15, -0.1) is 0 Å². The number of nitrogens with one attached hydrogen (secondary N) is 1. The molecule has 1 unspecified atom stereocenters. The number of benzene rings is 2. The number of hydrogen-bond acceptors (Lipinski definition) is 5. The predicted octanol–water partition coefficient (Wildman–Crippen LogP) is 4.86. The minimum absolute atomic E-state index is 0.312. The number of likely N-dealkylation sites (N-methyl/N-ethyl adjacent to an activating group) is 1. The van der Waals surface area contributed by atoms with Crippen molar-refractivity contribution in [2.45, 2.75) is 38.8 Å². The first-order chi connectivity index (χ1) is 15.5. The zero-order chi connectivity index (χ0) is 24.2. The topological polar surface area (TPSA) is 71.1 Å². The molecule has 0 fully saturated rings. The van der Waals surface area contributed by atoms with Gasteiger partial charge in [0.15, 0.2) is 0 Å².